The van der Waals surface area contributed by atoms with Gasteiger partial charge in [0.1, 0.15) is 11.8 Å². The largest absolute Gasteiger partial charge is 0.491 e. The lowest BCUT2D eigenvalue weighted by Crippen LogP contribution is -2.30. The van der Waals surface area contributed by atoms with Gasteiger partial charge in [-0.25, -0.2) is 0 Å². The van der Waals surface area contributed by atoms with E-state index in [1.807, 2.05) is 44.3 Å². The maximum absolute atomic E-state index is 5.88. The van der Waals surface area contributed by atoms with Gasteiger partial charge >= 0.3 is 0 Å². The fourth-order valence-electron chi connectivity index (χ4n) is 5.06. The van der Waals surface area contributed by atoms with Gasteiger partial charge < -0.3 is 19.5 Å². The van der Waals surface area contributed by atoms with Gasteiger partial charge in [0, 0.05) is 29.8 Å². The Bertz CT molecular complexity index is 1060. The van der Waals surface area contributed by atoms with E-state index in [-0.39, 0.29) is 18.2 Å². The minimum atomic E-state index is -0.0228. The van der Waals surface area contributed by atoms with Gasteiger partial charge in [-0.15, -0.1) is 0 Å². The first kappa shape index (κ1) is 21.0. The Balaban J connectivity index is 1.56. The lowest BCUT2D eigenvalue weighted by molar-refractivity contribution is 0.242. The molecule has 0 spiro atoms. The van der Waals surface area contributed by atoms with Gasteiger partial charge in [0.05, 0.1) is 17.8 Å². The molecule has 1 saturated heterocycles. The highest BCUT2D eigenvalue weighted by Gasteiger charge is 2.42. The first-order valence-electron chi connectivity index (χ1n) is 11.6. The van der Waals surface area contributed by atoms with Crippen molar-refractivity contribution in [2.24, 2.45) is 0 Å². The van der Waals surface area contributed by atoms with Gasteiger partial charge in [-0.05, 0) is 87.4 Å². The standard InChI is InChI=1S/C26H30N4OS/c1-18(2)31-21-14-12-20(13-15-21)30-25(23-11-7-17-29(23)19-8-3-4-9-19)24(28-26(30)32)22-10-5-6-16-27-22/h5-7,10-19,24-25H,3-4,8-9H2,1-2H3,(H,28,32). The maximum atomic E-state index is 5.88. The zero-order chi connectivity index (χ0) is 22.1. The molecule has 3 aromatic rings. The van der Waals surface area contributed by atoms with Crippen LogP contribution in [0.3, 0.4) is 0 Å². The average molecular weight is 447 g/mol. The van der Waals surface area contributed by atoms with Crippen molar-refractivity contribution in [1.82, 2.24) is 14.9 Å². The predicted octanol–water partition coefficient (Wildman–Crippen LogP) is 5.96. The van der Waals surface area contributed by atoms with Crippen LogP contribution in [-0.2, 0) is 0 Å². The number of rotatable bonds is 6. The molecule has 3 heterocycles. The van der Waals surface area contributed by atoms with Gasteiger partial charge in [0.2, 0.25) is 0 Å². The molecule has 5 rings (SSSR count). The molecule has 2 atom stereocenters. The summed E-state index contributed by atoms with van der Waals surface area (Å²) >= 11 is 5.88. The number of thiocarbonyl (C=S) groups is 1. The van der Waals surface area contributed by atoms with E-state index in [2.05, 4.69) is 56.3 Å². The third kappa shape index (κ3) is 3.99. The second kappa shape index (κ2) is 8.94. The Morgan fingerprint density at radius 2 is 1.81 bits per heavy atom. The average Bonchev–Trinajstić information content (AvgIpc) is 3.54. The van der Waals surface area contributed by atoms with Crippen LogP contribution < -0.4 is 15.0 Å². The van der Waals surface area contributed by atoms with Crippen molar-refractivity contribution in [2.75, 3.05) is 4.90 Å². The van der Waals surface area contributed by atoms with E-state index >= 15 is 0 Å². The minimum absolute atomic E-state index is 0.0184. The van der Waals surface area contributed by atoms with Crippen molar-refractivity contribution in [2.45, 2.75) is 63.8 Å². The van der Waals surface area contributed by atoms with Gasteiger partial charge in [0.15, 0.2) is 5.11 Å². The first-order chi connectivity index (χ1) is 15.6. The van der Waals surface area contributed by atoms with Crippen molar-refractivity contribution >= 4 is 23.0 Å². The molecule has 1 aliphatic carbocycles. The van der Waals surface area contributed by atoms with E-state index in [1.165, 1.54) is 31.4 Å². The van der Waals surface area contributed by atoms with Crippen LogP contribution in [0.4, 0.5) is 5.69 Å². The molecular formula is C26H30N4OS. The monoisotopic (exact) mass is 446 g/mol. The molecule has 5 nitrogen and oxygen atoms in total. The van der Waals surface area contributed by atoms with Crippen molar-refractivity contribution in [3.05, 3.63) is 78.4 Å². The van der Waals surface area contributed by atoms with E-state index in [0.29, 0.717) is 6.04 Å². The highest BCUT2D eigenvalue weighted by molar-refractivity contribution is 7.80. The third-order valence-corrected chi connectivity index (χ3v) is 6.73. The van der Waals surface area contributed by atoms with Crippen LogP contribution in [0.25, 0.3) is 0 Å². The number of hydrogen-bond acceptors (Lipinski definition) is 3. The molecule has 32 heavy (non-hydrogen) atoms. The normalized spacial score (nSPS) is 21.3. The second-order valence-corrected chi connectivity index (χ2v) is 9.32. The molecule has 2 unspecified atom stereocenters. The molecule has 2 aliphatic rings. The van der Waals surface area contributed by atoms with Crippen LogP contribution in [0.15, 0.2) is 67.0 Å². The van der Waals surface area contributed by atoms with Crippen LogP contribution in [0.5, 0.6) is 5.75 Å². The van der Waals surface area contributed by atoms with Crippen molar-refractivity contribution in [3.63, 3.8) is 0 Å². The number of benzene rings is 1. The summed E-state index contributed by atoms with van der Waals surface area (Å²) in [4.78, 5) is 6.92. The van der Waals surface area contributed by atoms with Crippen LogP contribution in [0.1, 0.15) is 69.0 Å². The Morgan fingerprint density at radius 1 is 1.03 bits per heavy atom. The number of ether oxygens (including phenoxy) is 1. The highest BCUT2D eigenvalue weighted by Crippen LogP contribution is 2.44. The minimum Gasteiger partial charge on any atom is -0.491 e. The molecule has 2 fully saturated rings. The van der Waals surface area contributed by atoms with E-state index in [9.17, 15) is 0 Å². The smallest absolute Gasteiger partial charge is 0.174 e. The topological polar surface area (TPSA) is 42.3 Å². The van der Waals surface area contributed by atoms with Crippen molar-refractivity contribution < 1.29 is 4.74 Å². The molecule has 6 heteroatoms. The summed E-state index contributed by atoms with van der Waals surface area (Å²) < 4.78 is 8.33. The fourth-order valence-corrected chi connectivity index (χ4v) is 5.41. The number of aromatic nitrogens is 2. The van der Waals surface area contributed by atoms with Crippen LogP contribution >= 0.6 is 12.2 Å². The molecule has 0 amide bonds. The Hall–Kier alpha value is -2.86. The molecular weight excluding hydrogens is 416 g/mol. The predicted molar refractivity (Wildman–Crippen MR) is 132 cm³/mol. The molecule has 0 radical (unpaired) electrons. The SMILES string of the molecule is CC(C)Oc1ccc(N2C(=S)NC(c3ccccn3)C2c2cccn2C2CCCC2)cc1. The quantitative estimate of drug-likeness (QED) is 0.473. The van der Waals surface area contributed by atoms with Crippen LogP contribution in [0.2, 0.25) is 0 Å². The fraction of sp³-hybridized carbons (Fsp3) is 0.385. The number of anilines is 1. The van der Waals surface area contributed by atoms with E-state index in [0.717, 1.165) is 22.2 Å². The molecule has 1 saturated carbocycles. The third-order valence-electron chi connectivity index (χ3n) is 6.42. The number of hydrogen-bond donors (Lipinski definition) is 1. The Kier molecular flexibility index (Phi) is 5.87. The van der Waals surface area contributed by atoms with Crippen LogP contribution in [0, 0.1) is 0 Å². The maximum Gasteiger partial charge on any atom is 0.174 e. The Morgan fingerprint density at radius 3 is 2.50 bits per heavy atom. The molecule has 0 bridgehead atoms. The van der Waals surface area contributed by atoms with Crippen molar-refractivity contribution in [1.29, 1.82) is 0 Å². The summed E-state index contributed by atoms with van der Waals surface area (Å²) in [5.74, 6) is 0.869. The first-order valence-corrected chi connectivity index (χ1v) is 12.0. The van der Waals surface area contributed by atoms with Crippen LogP contribution in [-0.4, -0.2) is 20.8 Å². The molecule has 166 valence electrons. The van der Waals surface area contributed by atoms with E-state index in [1.54, 1.807) is 0 Å². The summed E-state index contributed by atoms with van der Waals surface area (Å²) in [5, 5.41) is 4.30. The highest BCUT2D eigenvalue weighted by atomic mass is 32.1. The van der Waals surface area contributed by atoms with Gasteiger partial charge in [-0.2, -0.15) is 0 Å². The molecule has 1 aromatic carbocycles. The molecule has 1 aliphatic heterocycles. The van der Waals surface area contributed by atoms with E-state index < -0.39 is 0 Å². The summed E-state index contributed by atoms with van der Waals surface area (Å²) in [6, 6.07) is 19.3. The molecule has 1 N–H and O–H groups in total. The van der Waals surface area contributed by atoms with Gasteiger partial charge in [0.25, 0.3) is 0 Å². The molecule has 2 aromatic heterocycles. The lowest BCUT2D eigenvalue weighted by atomic mass is 10.00. The lowest BCUT2D eigenvalue weighted by Gasteiger charge is -2.30. The van der Waals surface area contributed by atoms with Gasteiger partial charge in [-0.1, -0.05) is 18.9 Å². The second-order valence-electron chi connectivity index (χ2n) is 8.94. The number of pyridine rings is 1. The van der Waals surface area contributed by atoms with Crippen molar-refractivity contribution in [3.8, 4) is 5.75 Å². The summed E-state index contributed by atoms with van der Waals surface area (Å²) in [6.45, 7) is 4.08. The van der Waals surface area contributed by atoms with Gasteiger partial charge in [-0.3, -0.25) is 4.98 Å². The summed E-state index contributed by atoms with van der Waals surface area (Å²) in [5.41, 5.74) is 3.34. The zero-order valence-electron chi connectivity index (χ0n) is 18.6. The Labute approximate surface area is 195 Å². The number of nitrogens with zero attached hydrogens (tertiary/aromatic N) is 3. The summed E-state index contributed by atoms with van der Waals surface area (Å²) in [7, 11) is 0. The number of nitrogens with one attached hydrogen (secondary N) is 1. The zero-order valence-corrected chi connectivity index (χ0v) is 19.5. The summed E-state index contributed by atoms with van der Waals surface area (Å²) in [6.07, 6.45) is 9.31. The van der Waals surface area contributed by atoms with E-state index in [4.69, 9.17) is 17.0 Å².